The number of rotatable bonds is 10. The highest BCUT2D eigenvalue weighted by molar-refractivity contribution is 5.29. The lowest BCUT2D eigenvalue weighted by molar-refractivity contribution is -0.239. The summed E-state index contributed by atoms with van der Waals surface area (Å²) in [6, 6.07) is 8.82. The van der Waals surface area contributed by atoms with Crippen molar-refractivity contribution in [3.8, 4) is 5.75 Å². The monoisotopic (exact) mass is 412 g/mol. The lowest BCUT2D eigenvalue weighted by Crippen LogP contribution is -2.53. The number of benzene rings is 1. The average Bonchev–Trinajstić information content (AvgIpc) is 2.77. The van der Waals surface area contributed by atoms with E-state index in [0.717, 1.165) is 48.7 Å². The third kappa shape index (κ3) is 4.18. The molecule has 1 aromatic carbocycles. The molecule has 5 rings (SSSR count). The predicted molar refractivity (Wildman–Crippen MR) is 125 cm³/mol. The highest BCUT2D eigenvalue weighted by Crippen LogP contribution is 2.55. The second kappa shape index (κ2) is 9.23. The summed E-state index contributed by atoms with van der Waals surface area (Å²) in [4.78, 5) is 0. The minimum atomic E-state index is -0.144. The van der Waals surface area contributed by atoms with Crippen LogP contribution < -0.4 is 4.74 Å². The second-order valence-corrected chi connectivity index (χ2v) is 10.8. The quantitative estimate of drug-likeness (QED) is 0.363. The van der Waals surface area contributed by atoms with Gasteiger partial charge < -0.3 is 9.47 Å². The van der Waals surface area contributed by atoms with Gasteiger partial charge in [0, 0.05) is 5.41 Å². The molecule has 4 fully saturated rings. The molecule has 4 bridgehead atoms. The van der Waals surface area contributed by atoms with Crippen LogP contribution in [0.1, 0.15) is 104 Å². The third-order valence-electron chi connectivity index (χ3n) is 9.34. The first-order valence-corrected chi connectivity index (χ1v) is 12.9. The van der Waals surface area contributed by atoms with Gasteiger partial charge in [0.15, 0.2) is 0 Å². The predicted octanol–water partition coefficient (Wildman–Crippen LogP) is 7.96. The molecule has 0 amide bonds. The Labute approximate surface area is 185 Å². The van der Waals surface area contributed by atoms with Crippen LogP contribution in [0, 0.1) is 29.1 Å². The molecule has 4 aliphatic carbocycles. The highest BCUT2D eigenvalue weighted by atomic mass is 16.7. The van der Waals surface area contributed by atoms with Gasteiger partial charge in [-0.15, -0.1) is 0 Å². The van der Waals surface area contributed by atoms with E-state index in [2.05, 4.69) is 58.9 Å². The van der Waals surface area contributed by atoms with Crippen LogP contribution >= 0.6 is 0 Å². The Morgan fingerprint density at radius 2 is 1.37 bits per heavy atom. The lowest BCUT2D eigenvalue weighted by Gasteiger charge is -2.55. The normalized spacial score (nSPS) is 32.2. The first kappa shape index (κ1) is 22.2. The van der Waals surface area contributed by atoms with Gasteiger partial charge in [0.2, 0.25) is 6.29 Å². The summed E-state index contributed by atoms with van der Waals surface area (Å²) in [5, 5.41) is 0. The van der Waals surface area contributed by atoms with Gasteiger partial charge in [0.25, 0.3) is 0 Å². The van der Waals surface area contributed by atoms with E-state index < -0.39 is 0 Å². The van der Waals surface area contributed by atoms with E-state index in [1.807, 2.05) is 0 Å². The molecule has 168 valence electrons. The van der Waals surface area contributed by atoms with Gasteiger partial charge >= 0.3 is 0 Å². The molecule has 0 spiro atoms. The maximum atomic E-state index is 7.05. The fraction of sp³-hybridized carbons (Fsp3) is 0.786. The molecule has 0 N–H and O–H groups in total. The molecular weight excluding hydrogens is 368 g/mol. The van der Waals surface area contributed by atoms with Crippen molar-refractivity contribution in [2.75, 3.05) is 0 Å². The molecule has 4 aliphatic rings. The zero-order chi connectivity index (χ0) is 21.3. The number of ether oxygens (including phenoxy) is 2. The van der Waals surface area contributed by atoms with Gasteiger partial charge in [-0.2, -0.15) is 0 Å². The van der Waals surface area contributed by atoms with E-state index >= 15 is 0 Å². The summed E-state index contributed by atoms with van der Waals surface area (Å²) in [6.45, 7) is 11.5. The lowest BCUT2D eigenvalue weighted by atomic mass is 9.55. The van der Waals surface area contributed by atoms with Crippen molar-refractivity contribution >= 4 is 0 Å². The van der Waals surface area contributed by atoms with Crippen molar-refractivity contribution in [3.63, 3.8) is 0 Å². The summed E-state index contributed by atoms with van der Waals surface area (Å²) in [5.41, 5.74) is 1.49. The summed E-state index contributed by atoms with van der Waals surface area (Å²) in [6.07, 6.45) is 11.8. The molecule has 0 heterocycles. The van der Waals surface area contributed by atoms with Crippen molar-refractivity contribution in [1.29, 1.82) is 0 Å². The van der Waals surface area contributed by atoms with Crippen LogP contribution in [0.2, 0.25) is 0 Å². The third-order valence-corrected chi connectivity index (χ3v) is 9.34. The summed E-state index contributed by atoms with van der Waals surface area (Å²) < 4.78 is 13.8. The molecule has 0 saturated heterocycles. The Hall–Kier alpha value is -1.02. The fourth-order valence-corrected chi connectivity index (χ4v) is 7.02. The van der Waals surface area contributed by atoms with Crippen LogP contribution in [-0.4, -0.2) is 12.4 Å². The largest absolute Gasteiger partial charge is 0.464 e. The van der Waals surface area contributed by atoms with E-state index in [4.69, 9.17) is 9.47 Å². The van der Waals surface area contributed by atoms with Gasteiger partial charge in [0.05, 0.1) is 6.10 Å². The van der Waals surface area contributed by atoms with Crippen molar-refractivity contribution in [1.82, 2.24) is 0 Å². The molecule has 2 nitrogen and oxygen atoms in total. The van der Waals surface area contributed by atoms with Crippen molar-refractivity contribution in [2.24, 2.45) is 29.1 Å². The molecule has 0 radical (unpaired) electrons. The maximum Gasteiger partial charge on any atom is 0.205 e. The molecular formula is C28H44O2. The molecule has 0 aliphatic heterocycles. The van der Waals surface area contributed by atoms with Crippen LogP contribution in [0.5, 0.6) is 5.75 Å². The van der Waals surface area contributed by atoms with Crippen molar-refractivity contribution in [2.45, 2.75) is 111 Å². The first-order valence-electron chi connectivity index (χ1n) is 12.9. The molecule has 2 unspecified atom stereocenters. The van der Waals surface area contributed by atoms with E-state index in [-0.39, 0.29) is 11.7 Å². The van der Waals surface area contributed by atoms with E-state index in [9.17, 15) is 0 Å². The van der Waals surface area contributed by atoms with E-state index in [1.54, 1.807) is 0 Å². The Balaban J connectivity index is 1.54. The zero-order valence-electron chi connectivity index (χ0n) is 20.0. The minimum absolute atomic E-state index is 0.0873. The van der Waals surface area contributed by atoms with Crippen LogP contribution in [0.3, 0.4) is 0 Å². The molecule has 2 heteroatoms. The van der Waals surface area contributed by atoms with E-state index in [0.29, 0.717) is 12.0 Å². The van der Waals surface area contributed by atoms with Gasteiger partial charge in [-0.1, -0.05) is 46.8 Å². The highest BCUT2D eigenvalue weighted by Gasteiger charge is 2.51. The van der Waals surface area contributed by atoms with Gasteiger partial charge in [0.1, 0.15) is 5.75 Å². The molecule has 2 atom stereocenters. The Morgan fingerprint density at radius 3 is 1.83 bits per heavy atom. The van der Waals surface area contributed by atoms with Crippen molar-refractivity contribution < 1.29 is 9.47 Å². The van der Waals surface area contributed by atoms with Crippen LogP contribution in [0.4, 0.5) is 0 Å². The number of hydrogen-bond acceptors (Lipinski definition) is 2. The van der Waals surface area contributed by atoms with Crippen molar-refractivity contribution in [3.05, 3.63) is 29.8 Å². The standard InChI is InChI=1S/C28H44O2/c1-6-19(5)22-10-12-25(13-11-22)29-27(28(7-2,8-3)9-4)30-26-23-15-20-14-21(17-23)18-24(26)16-20/h10-13,19-21,23-24,26-27H,6-9,14-18H2,1-5H3. The summed E-state index contributed by atoms with van der Waals surface area (Å²) in [7, 11) is 0. The Morgan fingerprint density at radius 1 is 0.833 bits per heavy atom. The van der Waals surface area contributed by atoms with Crippen LogP contribution in [0.25, 0.3) is 0 Å². The van der Waals surface area contributed by atoms with Gasteiger partial charge in [-0.3, -0.25) is 0 Å². The molecule has 1 aromatic rings. The first-order chi connectivity index (χ1) is 14.5. The Bertz CT molecular complexity index is 638. The van der Waals surface area contributed by atoms with Gasteiger partial charge in [-0.25, -0.2) is 0 Å². The SMILES string of the molecule is CCC(C)c1ccc(OC(OC2C3CC4CC(C3)CC2C4)C(CC)(CC)CC)cc1. The summed E-state index contributed by atoms with van der Waals surface area (Å²) >= 11 is 0. The minimum Gasteiger partial charge on any atom is -0.464 e. The molecule has 30 heavy (non-hydrogen) atoms. The number of hydrogen-bond donors (Lipinski definition) is 0. The average molecular weight is 413 g/mol. The zero-order valence-corrected chi connectivity index (χ0v) is 20.0. The topological polar surface area (TPSA) is 18.5 Å². The van der Waals surface area contributed by atoms with Gasteiger partial charge in [-0.05, 0) is 105 Å². The van der Waals surface area contributed by atoms with E-state index in [1.165, 1.54) is 44.1 Å². The Kier molecular flexibility index (Phi) is 6.82. The van der Waals surface area contributed by atoms with Crippen LogP contribution in [0.15, 0.2) is 24.3 Å². The molecule has 4 saturated carbocycles. The second-order valence-electron chi connectivity index (χ2n) is 10.8. The fourth-order valence-electron chi connectivity index (χ4n) is 7.02. The molecule has 0 aromatic heterocycles. The summed E-state index contributed by atoms with van der Waals surface area (Å²) in [5.74, 6) is 5.06. The van der Waals surface area contributed by atoms with Crippen LogP contribution in [-0.2, 0) is 4.74 Å². The smallest absolute Gasteiger partial charge is 0.205 e. The maximum absolute atomic E-state index is 7.05.